The molecule has 0 aliphatic heterocycles. The molecule has 2 aromatic carbocycles. The zero-order valence-electron chi connectivity index (χ0n) is 17.6. The van der Waals surface area contributed by atoms with Crippen molar-refractivity contribution in [2.24, 2.45) is 5.73 Å². The minimum Gasteiger partial charge on any atom is -0.497 e. The van der Waals surface area contributed by atoms with Gasteiger partial charge in [-0.15, -0.1) is 0 Å². The number of pyridine rings is 1. The summed E-state index contributed by atoms with van der Waals surface area (Å²) in [5, 5.41) is 4.45. The molecule has 0 fully saturated rings. The van der Waals surface area contributed by atoms with E-state index in [1.54, 1.807) is 19.5 Å². The highest BCUT2D eigenvalue weighted by Crippen LogP contribution is 2.30. The lowest BCUT2D eigenvalue weighted by atomic mass is 10.0. The summed E-state index contributed by atoms with van der Waals surface area (Å²) in [6.45, 7) is 2.99. The first-order valence-corrected chi connectivity index (χ1v) is 9.96. The summed E-state index contributed by atoms with van der Waals surface area (Å²) in [7, 11) is 1.68. The van der Waals surface area contributed by atoms with E-state index in [1.165, 1.54) is 0 Å². The number of hydrogen-bond donors (Lipinski definition) is 2. The van der Waals surface area contributed by atoms with Crippen molar-refractivity contribution in [2.45, 2.75) is 13.3 Å². The minimum absolute atomic E-state index is 0.250. The number of fused-ring (bicyclic) bond motifs is 1. The molecule has 4 aromatic rings. The molecule has 0 radical (unpaired) electrons. The SMILES string of the molecule is CCCNc1nc(-c2cccnc2)nc2ccc(-c3cccc(OC)c3)cc12.NC=O. The number of methoxy groups -OCH3 is 1. The zero-order valence-corrected chi connectivity index (χ0v) is 17.6. The molecule has 0 atom stereocenters. The number of nitrogens with zero attached hydrogens (tertiary/aromatic N) is 3. The molecule has 3 N–H and O–H groups in total. The molecule has 31 heavy (non-hydrogen) atoms. The molecule has 0 aliphatic rings. The van der Waals surface area contributed by atoms with Gasteiger partial charge in [0.05, 0.1) is 12.6 Å². The number of nitrogens with one attached hydrogen (secondary N) is 1. The van der Waals surface area contributed by atoms with Gasteiger partial charge < -0.3 is 15.8 Å². The number of ether oxygens (including phenoxy) is 1. The molecule has 7 nitrogen and oxygen atoms in total. The van der Waals surface area contributed by atoms with Crippen LogP contribution in [0.4, 0.5) is 5.82 Å². The Hall–Kier alpha value is -4.00. The molecule has 7 heteroatoms. The van der Waals surface area contributed by atoms with E-state index in [0.29, 0.717) is 5.82 Å². The van der Waals surface area contributed by atoms with Gasteiger partial charge >= 0.3 is 0 Å². The summed E-state index contributed by atoms with van der Waals surface area (Å²) < 4.78 is 5.36. The van der Waals surface area contributed by atoms with Crippen LogP contribution in [0, 0.1) is 0 Å². The molecule has 4 rings (SSSR count). The summed E-state index contributed by atoms with van der Waals surface area (Å²) >= 11 is 0. The smallest absolute Gasteiger partial charge is 0.204 e. The van der Waals surface area contributed by atoms with Crippen LogP contribution < -0.4 is 15.8 Å². The van der Waals surface area contributed by atoms with Gasteiger partial charge in [0.25, 0.3) is 0 Å². The van der Waals surface area contributed by atoms with Crippen LogP contribution in [-0.2, 0) is 4.79 Å². The number of primary amides is 1. The van der Waals surface area contributed by atoms with Crippen molar-refractivity contribution in [3.8, 4) is 28.3 Å². The second kappa shape index (κ2) is 10.7. The van der Waals surface area contributed by atoms with Crippen LogP contribution >= 0.6 is 0 Å². The van der Waals surface area contributed by atoms with Gasteiger partial charge in [0.15, 0.2) is 5.82 Å². The Labute approximate surface area is 181 Å². The first kappa shape index (κ1) is 21.7. The number of carbonyl (C=O) groups excluding carboxylic acids is 1. The largest absolute Gasteiger partial charge is 0.497 e. The standard InChI is InChI=1S/C23H22N4O.CH3NO/c1-3-11-25-23-20-14-17(16-6-4-8-19(13-16)28-2)9-10-21(20)26-22(27-23)18-7-5-12-24-15-18;2-1-3/h4-10,12-15H,3,11H2,1-2H3,(H,25,26,27);1H,(H2,2,3). The van der Waals surface area contributed by atoms with Crippen LogP contribution in [-0.4, -0.2) is 35.0 Å². The van der Waals surface area contributed by atoms with Crippen LogP contribution in [0.5, 0.6) is 5.75 Å². The van der Waals surface area contributed by atoms with Gasteiger partial charge in [0.2, 0.25) is 6.41 Å². The van der Waals surface area contributed by atoms with Crippen molar-refractivity contribution in [1.29, 1.82) is 0 Å². The average molecular weight is 415 g/mol. The summed E-state index contributed by atoms with van der Waals surface area (Å²) in [6.07, 6.45) is 4.81. The zero-order chi connectivity index (χ0) is 22.1. The third kappa shape index (κ3) is 5.33. The van der Waals surface area contributed by atoms with E-state index in [1.807, 2.05) is 36.4 Å². The second-order valence-electron chi connectivity index (χ2n) is 6.66. The average Bonchev–Trinajstić information content (AvgIpc) is 2.83. The maximum absolute atomic E-state index is 8.58. The minimum atomic E-state index is 0.250. The van der Waals surface area contributed by atoms with Crippen LogP contribution in [0.25, 0.3) is 33.4 Å². The topological polar surface area (TPSA) is 103 Å². The molecule has 0 spiro atoms. The quantitative estimate of drug-likeness (QED) is 0.455. The maximum Gasteiger partial charge on any atom is 0.204 e. The Morgan fingerprint density at radius 1 is 1.03 bits per heavy atom. The highest BCUT2D eigenvalue weighted by Gasteiger charge is 2.11. The molecule has 0 saturated heterocycles. The fourth-order valence-electron chi connectivity index (χ4n) is 3.11. The van der Waals surface area contributed by atoms with Gasteiger partial charge in [-0.1, -0.05) is 25.1 Å². The van der Waals surface area contributed by atoms with E-state index < -0.39 is 0 Å². The third-order valence-electron chi connectivity index (χ3n) is 4.56. The molecule has 2 aromatic heterocycles. The Morgan fingerprint density at radius 2 is 1.81 bits per heavy atom. The van der Waals surface area contributed by atoms with E-state index in [-0.39, 0.29) is 6.41 Å². The Kier molecular flexibility index (Phi) is 7.48. The van der Waals surface area contributed by atoms with E-state index in [9.17, 15) is 0 Å². The Bertz CT molecular complexity index is 1150. The molecule has 0 saturated carbocycles. The number of hydrogen-bond acceptors (Lipinski definition) is 6. The summed E-state index contributed by atoms with van der Waals surface area (Å²) in [4.78, 5) is 22.3. The van der Waals surface area contributed by atoms with Crippen LogP contribution in [0.1, 0.15) is 13.3 Å². The van der Waals surface area contributed by atoms with Gasteiger partial charge in [-0.3, -0.25) is 9.78 Å². The van der Waals surface area contributed by atoms with Crippen LogP contribution in [0.2, 0.25) is 0 Å². The molecule has 2 heterocycles. The Balaban J connectivity index is 0.000000858. The number of rotatable bonds is 6. The molecule has 158 valence electrons. The summed E-state index contributed by atoms with van der Waals surface area (Å²) in [5.41, 5.74) is 8.17. The molecule has 1 amide bonds. The summed E-state index contributed by atoms with van der Waals surface area (Å²) in [5.74, 6) is 2.36. The van der Waals surface area contributed by atoms with Crippen molar-refractivity contribution < 1.29 is 9.53 Å². The number of anilines is 1. The van der Waals surface area contributed by atoms with Gasteiger partial charge in [-0.05, 0) is 53.9 Å². The normalized spacial score (nSPS) is 10.1. The number of carbonyl (C=O) groups is 1. The summed E-state index contributed by atoms with van der Waals surface area (Å²) in [6, 6.07) is 18.2. The lowest BCUT2D eigenvalue weighted by Crippen LogP contribution is -2.05. The Morgan fingerprint density at radius 3 is 2.52 bits per heavy atom. The highest BCUT2D eigenvalue weighted by molar-refractivity contribution is 5.94. The van der Waals surface area contributed by atoms with Gasteiger partial charge in [-0.2, -0.15) is 0 Å². The van der Waals surface area contributed by atoms with Gasteiger partial charge in [0.1, 0.15) is 11.6 Å². The first-order valence-electron chi connectivity index (χ1n) is 9.96. The number of amides is 1. The molecular weight excluding hydrogens is 390 g/mol. The van der Waals surface area contributed by atoms with Crippen LogP contribution in [0.15, 0.2) is 67.0 Å². The van der Waals surface area contributed by atoms with E-state index in [4.69, 9.17) is 19.5 Å². The number of benzene rings is 2. The first-order chi connectivity index (χ1) is 15.2. The highest BCUT2D eigenvalue weighted by atomic mass is 16.5. The predicted octanol–water partition coefficient (Wildman–Crippen LogP) is 4.29. The van der Waals surface area contributed by atoms with E-state index in [2.05, 4.69) is 41.2 Å². The molecule has 0 unspecified atom stereocenters. The van der Waals surface area contributed by atoms with Gasteiger partial charge in [0, 0.05) is 29.9 Å². The molecule has 0 bridgehead atoms. The maximum atomic E-state index is 8.58. The lowest BCUT2D eigenvalue weighted by molar-refractivity contribution is -0.106. The predicted molar refractivity (Wildman–Crippen MR) is 124 cm³/mol. The fourth-order valence-corrected chi connectivity index (χ4v) is 3.11. The van der Waals surface area contributed by atoms with E-state index >= 15 is 0 Å². The third-order valence-corrected chi connectivity index (χ3v) is 4.56. The molecular formula is C24H25N5O2. The molecule has 0 aliphatic carbocycles. The fraction of sp³-hybridized carbons (Fsp3) is 0.167. The van der Waals surface area contributed by atoms with Crippen molar-refractivity contribution >= 4 is 23.1 Å². The van der Waals surface area contributed by atoms with Crippen molar-refractivity contribution in [3.05, 3.63) is 67.0 Å². The second-order valence-corrected chi connectivity index (χ2v) is 6.66. The van der Waals surface area contributed by atoms with Crippen LogP contribution in [0.3, 0.4) is 0 Å². The van der Waals surface area contributed by atoms with Crippen molar-refractivity contribution in [2.75, 3.05) is 19.0 Å². The van der Waals surface area contributed by atoms with Crippen molar-refractivity contribution in [1.82, 2.24) is 15.0 Å². The number of aromatic nitrogens is 3. The lowest BCUT2D eigenvalue weighted by Gasteiger charge is -2.12. The van der Waals surface area contributed by atoms with E-state index in [0.717, 1.165) is 52.1 Å². The monoisotopic (exact) mass is 415 g/mol. The number of nitrogens with two attached hydrogens (primary N) is 1. The van der Waals surface area contributed by atoms with Crippen molar-refractivity contribution in [3.63, 3.8) is 0 Å². The van der Waals surface area contributed by atoms with Gasteiger partial charge in [-0.25, -0.2) is 9.97 Å².